The molecule has 0 aliphatic rings. The van der Waals surface area contributed by atoms with Crippen molar-refractivity contribution < 1.29 is 9.53 Å². The lowest BCUT2D eigenvalue weighted by Crippen LogP contribution is -2.27. The Balaban J connectivity index is 2.30. The van der Waals surface area contributed by atoms with Crippen LogP contribution in [0, 0.1) is 0 Å². The van der Waals surface area contributed by atoms with E-state index in [2.05, 4.69) is 5.32 Å². The van der Waals surface area contributed by atoms with Crippen LogP contribution in [0.25, 0.3) is 0 Å². The van der Waals surface area contributed by atoms with Crippen molar-refractivity contribution in [1.29, 1.82) is 0 Å². The first-order chi connectivity index (χ1) is 7.22. The molecule has 0 bridgehead atoms. The fourth-order valence-electron chi connectivity index (χ4n) is 1.05. The Morgan fingerprint density at radius 2 is 2.07 bits per heavy atom. The lowest BCUT2D eigenvalue weighted by atomic mass is 10.2. The van der Waals surface area contributed by atoms with Crippen LogP contribution in [0.1, 0.15) is 12.5 Å². The van der Waals surface area contributed by atoms with E-state index in [0.717, 1.165) is 5.56 Å². The van der Waals surface area contributed by atoms with Crippen LogP contribution < -0.4 is 5.32 Å². The van der Waals surface area contributed by atoms with Gasteiger partial charge in [0.2, 0.25) is 5.91 Å². The topological polar surface area (TPSA) is 38.3 Å². The van der Waals surface area contributed by atoms with Crippen LogP contribution in [0.5, 0.6) is 0 Å². The highest BCUT2D eigenvalue weighted by atomic mass is 35.5. The zero-order valence-electron chi connectivity index (χ0n) is 8.63. The van der Waals surface area contributed by atoms with Gasteiger partial charge in [-0.25, -0.2) is 0 Å². The van der Waals surface area contributed by atoms with Crippen molar-refractivity contribution >= 4 is 17.5 Å². The van der Waals surface area contributed by atoms with E-state index in [0.29, 0.717) is 18.2 Å². The first-order valence-corrected chi connectivity index (χ1v) is 5.19. The van der Waals surface area contributed by atoms with Gasteiger partial charge in [-0.2, -0.15) is 0 Å². The molecule has 1 aromatic rings. The highest BCUT2D eigenvalue weighted by Crippen LogP contribution is 2.08. The molecule has 0 saturated carbocycles. The summed E-state index contributed by atoms with van der Waals surface area (Å²) in [6, 6.07) is 7.35. The van der Waals surface area contributed by atoms with E-state index in [1.54, 1.807) is 12.1 Å². The smallest absolute Gasteiger partial charge is 0.246 e. The minimum atomic E-state index is -0.105. The minimum Gasteiger partial charge on any atom is -0.372 e. The molecular formula is C11H14ClNO2. The maximum Gasteiger partial charge on any atom is 0.246 e. The van der Waals surface area contributed by atoms with Crippen LogP contribution >= 0.6 is 11.6 Å². The van der Waals surface area contributed by atoms with Gasteiger partial charge in [-0.15, -0.1) is 0 Å². The standard InChI is InChI=1S/C11H14ClNO2/c1-2-15-8-11(14)13-7-9-3-5-10(12)6-4-9/h3-6H,2,7-8H2,1H3,(H,13,14). The first-order valence-electron chi connectivity index (χ1n) is 4.81. The molecule has 82 valence electrons. The van der Waals surface area contributed by atoms with Crippen molar-refractivity contribution in [2.75, 3.05) is 13.2 Å². The third kappa shape index (κ3) is 4.81. The summed E-state index contributed by atoms with van der Waals surface area (Å²) in [6.07, 6.45) is 0. The third-order valence-electron chi connectivity index (χ3n) is 1.84. The van der Waals surface area contributed by atoms with Gasteiger partial charge in [-0.3, -0.25) is 4.79 Å². The molecule has 0 atom stereocenters. The van der Waals surface area contributed by atoms with Crippen molar-refractivity contribution in [2.45, 2.75) is 13.5 Å². The number of carbonyl (C=O) groups excluding carboxylic acids is 1. The Morgan fingerprint density at radius 3 is 2.67 bits per heavy atom. The van der Waals surface area contributed by atoms with Crippen molar-refractivity contribution in [3.63, 3.8) is 0 Å². The number of carbonyl (C=O) groups is 1. The Hall–Kier alpha value is -1.06. The maximum absolute atomic E-state index is 11.2. The maximum atomic E-state index is 11.2. The number of ether oxygens (including phenoxy) is 1. The lowest BCUT2D eigenvalue weighted by molar-refractivity contribution is -0.125. The Morgan fingerprint density at radius 1 is 1.40 bits per heavy atom. The summed E-state index contributed by atoms with van der Waals surface area (Å²) in [6.45, 7) is 3.02. The number of benzene rings is 1. The van der Waals surface area contributed by atoms with Gasteiger partial charge >= 0.3 is 0 Å². The molecule has 1 N–H and O–H groups in total. The van der Waals surface area contributed by atoms with Crippen molar-refractivity contribution in [2.24, 2.45) is 0 Å². The molecule has 0 aliphatic heterocycles. The van der Waals surface area contributed by atoms with E-state index in [4.69, 9.17) is 16.3 Å². The fraction of sp³-hybridized carbons (Fsp3) is 0.364. The van der Waals surface area contributed by atoms with Gasteiger partial charge in [0.15, 0.2) is 0 Å². The van der Waals surface area contributed by atoms with Crippen LogP contribution in [0.2, 0.25) is 5.02 Å². The molecule has 4 heteroatoms. The number of hydrogen-bond acceptors (Lipinski definition) is 2. The summed E-state index contributed by atoms with van der Waals surface area (Å²) in [5.41, 5.74) is 1.02. The SMILES string of the molecule is CCOCC(=O)NCc1ccc(Cl)cc1. The third-order valence-corrected chi connectivity index (χ3v) is 2.09. The Kier molecular flexibility index (Phi) is 5.15. The second-order valence-electron chi connectivity index (χ2n) is 3.04. The molecule has 1 amide bonds. The predicted octanol–water partition coefficient (Wildman–Crippen LogP) is 1.99. The van der Waals surface area contributed by atoms with Gasteiger partial charge in [0, 0.05) is 18.2 Å². The quantitative estimate of drug-likeness (QED) is 0.836. The second kappa shape index (κ2) is 6.43. The molecule has 15 heavy (non-hydrogen) atoms. The van der Waals surface area contributed by atoms with Gasteiger partial charge in [0.1, 0.15) is 6.61 Å². The molecule has 0 fully saturated rings. The Bertz CT molecular complexity index is 311. The molecular weight excluding hydrogens is 214 g/mol. The molecule has 1 aromatic carbocycles. The molecule has 0 spiro atoms. The largest absolute Gasteiger partial charge is 0.372 e. The van der Waals surface area contributed by atoms with E-state index < -0.39 is 0 Å². The predicted molar refractivity (Wildman–Crippen MR) is 59.8 cm³/mol. The van der Waals surface area contributed by atoms with Gasteiger partial charge < -0.3 is 10.1 Å². The molecule has 0 saturated heterocycles. The van der Waals surface area contributed by atoms with Gasteiger partial charge in [0.05, 0.1) is 0 Å². The number of rotatable bonds is 5. The second-order valence-corrected chi connectivity index (χ2v) is 3.48. The fourth-order valence-corrected chi connectivity index (χ4v) is 1.17. The zero-order chi connectivity index (χ0) is 11.1. The Labute approximate surface area is 94.4 Å². The minimum absolute atomic E-state index is 0.105. The average Bonchev–Trinajstić information content (AvgIpc) is 2.25. The van der Waals surface area contributed by atoms with E-state index in [1.807, 2.05) is 19.1 Å². The normalized spacial score (nSPS) is 10.0. The van der Waals surface area contributed by atoms with E-state index in [9.17, 15) is 4.79 Å². The van der Waals surface area contributed by atoms with Crippen molar-refractivity contribution in [3.8, 4) is 0 Å². The number of halogens is 1. The van der Waals surface area contributed by atoms with Gasteiger partial charge in [-0.05, 0) is 24.6 Å². The molecule has 0 radical (unpaired) electrons. The zero-order valence-corrected chi connectivity index (χ0v) is 9.38. The molecule has 1 rings (SSSR count). The molecule has 3 nitrogen and oxygen atoms in total. The highest BCUT2D eigenvalue weighted by Gasteiger charge is 2.00. The van der Waals surface area contributed by atoms with Crippen LogP contribution in [0.3, 0.4) is 0 Å². The van der Waals surface area contributed by atoms with Crippen LogP contribution in [-0.4, -0.2) is 19.1 Å². The van der Waals surface area contributed by atoms with Crippen LogP contribution in [-0.2, 0) is 16.1 Å². The summed E-state index contributed by atoms with van der Waals surface area (Å²) in [7, 11) is 0. The summed E-state index contributed by atoms with van der Waals surface area (Å²) in [5.74, 6) is -0.105. The average molecular weight is 228 g/mol. The monoisotopic (exact) mass is 227 g/mol. The summed E-state index contributed by atoms with van der Waals surface area (Å²) in [5, 5.41) is 3.44. The van der Waals surface area contributed by atoms with E-state index >= 15 is 0 Å². The molecule has 0 unspecified atom stereocenters. The van der Waals surface area contributed by atoms with E-state index in [-0.39, 0.29) is 12.5 Å². The summed E-state index contributed by atoms with van der Waals surface area (Å²) in [4.78, 5) is 11.2. The van der Waals surface area contributed by atoms with Crippen molar-refractivity contribution in [1.82, 2.24) is 5.32 Å². The van der Waals surface area contributed by atoms with E-state index in [1.165, 1.54) is 0 Å². The van der Waals surface area contributed by atoms with Gasteiger partial charge in [-0.1, -0.05) is 23.7 Å². The van der Waals surface area contributed by atoms with Crippen LogP contribution in [0.15, 0.2) is 24.3 Å². The highest BCUT2D eigenvalue weighted by molar-refractivity contribution is 6.30. The molecule has 0 heterocycles. The lowest BCUT2D eigenvalue weighted by Gasteiger charge is -2.05. The molecule has 0 aromatic heterocycles. The number of amides is 1. The number of hydrogen-bond donors (Lipinski definition) is 1. The van der Waals surface area contributed by atoms with Gasteiger partial charge in [0.25, 0.3) is 0 Å². The van der Waals surface area contributed by atoms with Crippen LogP contribution in [0.4, 0.5) is 0 Å². The summed E-state index contributed by atoms with van der Waals surface area (Å²) >= 11 is 5.74. The summed E-state index contributed by atoms with van der Waals surface area (Å²) < 4.78 is 4.97. The van der Waals surface area contributed by atoms with Crippen molar-refractivity contribution in [3.05, 3.63) is 34.9 Å². The first kappa shape index (κ1) is 12.0. The molecule has 0 aliphatic carbocycles. The number of nitrogens with one attached hydrogen (secondary N) is 1.